The van der Waals surface area contributed by atoms with E-state index in [-0.39, 0.29) is 0 Å². The molecule has 148 valence electrons. The molecule has 1 atom stereocenters. The molecule has 6 nitrogen and oxygen atoms in total. The first-order chi connectivity index (χ1) is 12.2. The summed E-state index contributed by atoms with van der Waals surface area (Å²) in [5.41, 5.74) is 0. The minimum Gasteiger partial charge on any atom is -0.379 e. The molecule has 0 aliphatic carbocycles. The average Bonchev–Trinajstić information content (AvgIpc) is 2.65. The lowest BCUT2D eigenvalue weighted by Gasteiger charge is -2.26. The Labute approximate surface area is 155 Å². The van der Waals surface area contributed by atoms with Crippen molar-refractivity contribution >= 4 is 5.96 Å². The highest BCUT2D eigenvalue weighted by Crippen LogP contribution is 2.01. The first kappa shape index (κ1) is 22.2. The van der Waals surface area contributed by atoms with Crippen LogP contribution in [0.1, 0.15) is 46.5 Å². The molecule has 0 spiro atoms. The third-order valence-corrected chi connectivity index (χ3v) is 4.91. The van der Waals surface area contributed by atoms with Crippen LogP contribution in [0.25, 0.3) is 0 Å². The zero-order chi connectivity index (χ0) is 18.3. The van der Waals surface area contributed by atoms with Crippen molar-refractivity contribution in [2.45, 2.75) is 52.5 Å². The zero-order valence-corrected chi connectivity index (χ0v) is 17.0. The fourth-order valence-electron chi connectivity index (χ4n) is 3.15. The summed E-state index contributed by atoms with van der Waals surface area (Å²) in [6.07, 6.45) is 4.80. The molecule has 0 aromatic heterocycles. The second-order valence-corrected chi connectivity index (χ2v) is 6.87. The van der Waals surface area contributed by atoms with Gasteiger partial charge in [0, 0.05) is 32.7 Å². The maximum absolute atomic E-state index is 5.38. The molecule has 0 aromatic rings. The van der Waals surface area contributed by atoms with E-state index in [1.807, 2.05) is 7.05 Å². The molecule has 1 aliphatic heterocycles. The Hall–Kier alpha value is -0.850. The smallest absolute Gasteiger partial charge is 0.191 e. The van der Waals surface area contributed by atoms with E-state index in [1.54, 1.807) is 0 Å². The summed E-state index contributed by atoms with van der Waals surface area (Å²) in [5.74, 6) is 0.932. The van der Waals surface area contributed by atoms with Gasteiger partial charge in [0.1, 0.15) is 0 Å². The molecule has 1 rings (SSSR count). The van der Waals surface area contributed by atoms with Crippen LogP contribution in [0.3, 0.4) is 0 Å². The molecular weight excluding hydrogens is 314 g/mol. The molecule has 1 saturated heterocycles. The highest BCUT2D eigenvalue weighted by molar-refractivity contribution is 5.79. The van der Waals surface area contributed by atoms with Crippen LogP contribution in [0.2, 0.25) is 0 Å². The number of hydrogen-bond acceptors (Lipinski definition) is 4. The molecule has 6 heteroatoms. The van der Waals surface area contributed by atoms with Gasteiger partial charge in [0.05, 0.1) is 13.2 Å². The van der Waals surface area contributed by atoms with Gasteiger partial charge in [-0.15, -0.1) is 0 Å². The van der Waals surface area contributed by atoms with Gasteiger partial charge in [-0.3, -0.25) is 9.89 Å². The van der Waals surface area contributed by atoms with Crippen molar-refractivity contribution in [1.82, 2.24) is 20.4 Å². The summed E-state index contributed by atoms with van der Waals surface area (Å²) >= 11 is 0. The predicted molar refractivity (Wildman–Crippen MR) is 107 cm³/mol. The van der Waals surface area contributed by atoms with Crippen LogP contribution in [0.15, 0.2) is 4.99 Å². The van der Waals surface area contributed by atoms with Gasteiger partial charge in [0.25, 0.3) is 0 Å². The van der Waals surface area contributed by atoms with Gasteiger partial charge < -0.3 is 20.3 Å². The van der Waals surface area contributed by atoms with Crippen molar-refractivity contribution in [3.63, 3.8) is 0 Å². The average molecular weight is 356 g/mol. The number of guanidine groups is 1. The first-order valence-corrected chi connectivity index (χ1v) is 10.2. The third-order valence-electron chi connectivity index (χ3n) is 4.91. The van der Waals surface area contributed by atoms with E-state index in [0.717, 1.165) is 51.9 Å². The van der Waals surface area contributed by atoms with Gasteiger partial charge in [0.15, 0.2) is 5.96 Å². The van der Waals surface area contributed by atoms with Crippen LogP contribution >= 0.6 is 0 Å². The number of aliphatic imine (C=N–C) groups is 1. The van der Waals surface area contributed by atoms with E-state index < -0.39 is 0 Å². The lowest BCUT2D eigenvalue weighted by atomic mass is 10.2. The molecule has 0 bridgehead atoms. The SMILES string of the molecule is CCN(CC)CCCC(C)NC(=NC)NCCCCN1CCOCC1. The molecule has 1 unspecified atom stereocenters. The Kier molecular flexibility index (Phi) is 12.7. The molecule has 0 aromatic carbocycles. The summed E-state index contributed by atoms with van der Waals surface area (Å²) in [7, 11) is 1.85. The van der Waals surface area contributed by atoms with Gasteiger partial charge in [-0.2, -0.15) is 0 Å². The molecule has 1 fully saturated rings. The second-order valence-electron chi connectivity index (χ2n) is 6.87. The number of nitrogens with one attached hydrogen (secondary N) is 2. The molecule has 1 aliphatic rings. The van der Waals surface area contributed by atoms with Gasteiger partial charge in [0.2, 0.25) is 0 Å². The van der Waals surface area contributed by atoms with Crippen LogP contribution in [0.5, 0.6) is 0 Å². The van der Waals surface area contributed by atoms with E-state index in [4.69, 9.17) is 4.74 Å². The van der Waals surface area contributed by atoms with E-state index in [1.165, 1.54) is 38.8 Å². The van der Waals surface area contributed by atoms with E-state index in [0.29, 0.717) is 6.04 Å². The topological polar surface area (TPSA) is 52.1 Å². The maximum atomic E-state index is 5.38. The molecule has 2 N–H and O–H groups in total. The van der Waals surface area contributed by atoms with Crippen molar-refractivity contribution in [3.05, 3.63) is 0 Å². The fourth-order valence-corrected chi connectivity index (χ4v) is 3.15. The van der Waals surface area contributed by atoms with Crippen LogP contribution in [-0.4, -0.2) is 87.9 Å². The Bertz CT molecular complexity index is 341. The highest BCUT2D eigenvalue weighted by atomic mass is 16.5. The lowest BCUT2D eigenvalue weighted by molar-refractivity contribution is 0.0372. The number of nitrogens with zero attached hydrogens (tertiary/aromatic N) is 3. The van der Waals surface area contributed by atoms with Crippen LogP contribution in [0, 0.1) is 0 Å². The summed E-state index contributed by atoms with van der Waals surface area (Å²) in [5, 5.41) is 6.95. The van der Waals surface area contributed by atoms with Gasteiger partial charge >= 0.3 is 0 Å². The molecule has 0 amide bonds. The largest absolute Gasteiger partial charge is 0.379 e. The van der Waals surface area contributed by atoms with Crippen LogP contribution in [-0.2, 0) is 4.74 Å². The number of unbranched alkanes of at least 4 members (excludes halogenated alkanes) is 1. The predicted octanol–water partition coefficient (Wildman–Crippen LogP) is 1.77. The van der Waals surface area contributed by atoms with Gasteiger partial charge in [-0.1, -0.05) is 13.8 Å². The molecule has 0 radical (unpaired) electrons. The van der Waals surface area contributed by atoms with Crippen LogP contribution < -0.4 is 10.6 Å². The molecule has 25 heavy (non-hydrogen) atoms. The zero-order valence-electron chi connectivity index (χ0n) is 17.0. The Morgan fingerprint density at radius 2 is 1.88 bits per heavy atom. The third kappa shape index (κ3) is 10.7. The fraction of sp³-hybridized carbons (Fsp3) is 0.947. The van der Waals surface area contributed by atoms with E-state index in [9.17, 15) is 0 Å². The Morgan fingerprint density at radius 3 is 2.52 bits per heavy atom. The van der Waals surface area contributed by atoms with Gasteiger partial charge in [-0.25, -0.2) is 0 Å². The lowest BCUT2D eigenvalue weighted by Crippen LogP contribution is -2.43. The van der Waals surface area contributed by atoms with Crippen molar-refractivity contribution in [3.8, 4) is 0 Å². The maximum Gasteiger partial charge on any atom is 0.191 e. The number of ether oxygens (including phenoxy) is 1. The summed E-state index contributed by atoms with van der Waals surface area (Å²) < 4.78 is 5.38. The minimum absolute atomic E-state index is 0.454. The van der Waals surface area contributed by atoms with E-state index in [2.05, 4.69) is 46.2 Å². The summed E-state index contributed by atoms with van der Waals surface area (Å²) in [4.78, 5) is 9.32. The number of morpholine rings is 1. The minimum atomic E-state index is 0.454. The highest BCUT2D eigenvalue weighted by Gasteiger charge is 2.09. The standard InChI is InChI=1S/C19H41N5O/c1-5-23(6-2)13-9-10-18(3)22-19(20-4)21-11-7-8-12-24-14-16-25-17-15-24/h18H,5-17H2,1-4H3,(H2,20,21,22). The normalized spacial score (nSPS) is 17.7. The number of rotatable bonds is 12. The molecule has 1 heterocycles. The van der Waals surface area contributed by atoms with Crippen molar-refractivity contribution in [2.24, 2.45) is 4.99 Å². The second kappa shape index (κ2) is 14.3. The Morgan fingerprint density at radius 1 is 1.16 bits per heavy atom. The van der Waals surface area contributed by atoms with Crippen molar-refractivity contribution in [1.29, 1.82) is 0 Å². The first-order valence-electron chi connectivity index (χ1n) is 10.2. The Balaban J connectivity index is 2.06. The molecular formula is C19H41N5O. The number of hydrogen-bond donors (Lipinski definition) is 2. The summed E-state index contributed by atoms with van der Waals surface area (Å²) in [6.45, 7) is 16.3. The van der Waals surface area contributed by atoms with E-state index >= 15 is 0 Å². The van der Waals surface area contributed by atoms with Crippen LogP contribution in [0.4, 0.5) is 0 Å². The van der Waals surface area contributed by atoms with Crippen molar-refractivity contribution in [2.75, 3.05) is 66.1 Å². The van der Waals surface area contributed by atoms with Gasteiger partial charge in [-0.05, 0) is 58.8 Å². The monoisotopic (exact) mass is 355 g/mol. The summed E-state index contributed by atoms with van der Waals surface area (Å²) in [6, 6.07) is 0.454. The quantitative estimate of drug-likeness (QED) is 0.317. The molecule has 0 saturated carbocycles. The van der Waals surface area contributed by atoms with Crippen molar-refractivity contribution < 1.29 is 4.74 Å².